The van der Waals surface area contributed by atoms with Crippen molar-refractivity contribution in [1.29, 1.82) is 5.26 Å². The number of H-pyrrole nitrogens is 1. The quantitative estimate of drug-likeness (QED) is 0.425. The second kappa shape index (κ2) is 6.11. The lowest BCUT2D eigenvalue weighted by Crippen LogP contribution is -2.39. The first kappa shape index (κ1) is 16.5. The van der Waals surface area contributed by atoms with Crippen LogP contribution in [0.2, 0.25) is 0 Å². The summed E-state index contributed by atoms with van der Waals surface area (Å²) >= 11 is 0. The van der Waals surface area contributed by atoms with Crippen molar-refractivity contribution in [3.05, 3.63) is 71.2 Å². The first-order chi connectivity index (χ1) is 13.0. The van der Waals surface area contributed by atoms with Gasteiger partial charge >= 0.3 is 0 Å². The Bertz CT molecular complexity index is 1100. The molecule has 1 aliphatic heterocycles. The number of carbonyl (C=O) groups is 2. The van der Waals surface area contributed by atoms with Crippen molar-refractivity contribution in [3.8, 4) is 6.07 Å². The number of aliphatic hydroxyl groups excluding tert-OH is 1. The minimum Gasteiger partial charge on any atom is -0.509 e. The lowest BCUT2D eigenvalue weighted by atomic mass is 10.1. The van der Waals surface area contributed by atoms with Gasteiger partial charge in [-0.3, -0.25) is 14.5 Å². The van der Waals surface area contributed by atoms with Crippen LogP contribution in [0.5, 0.6) is 0 Å². The van der Waals surface area contributed by atoms with Crippen molar-refractivity contribution in [2.24, 2.45) is 0 Å². The molecule has 27 heavy (non-hydrogen) atoms. The molecule has 7 nitrogen and oxygen atoms in total. The minimum absolute atomic E-state index is 0.116. The lowest BCUT2D eigenvalue weighted by molar-refractivity contribution is 0.0590. The van der Waals surface area contributed by atoms with Crippen molar-refractivity contribution in [2.75, 3.05) is 0 Å². The summed E-state index contributed by atoms with van der Waals surface area (Å²) < 4.78 is 0. The summed E-state index contributed by atoms with van der Waals surface area (Å²) in [4.78, 5) is 33.5. The molecule has 0 spiro atoms. The molecule has 1 aliphatic rings. The van der Waals surface area contributed by atoms with Gasteiger partial charge in [-0.05, 0) is 31.2 Å². The highest BCUT2D eigenvalue weighted by atomic mass is 16.3. The molecule has 3 aromatic rings. The van der Waals surface area contributed by atoms with Gasteiger partial charge in [0.2, 0.25) is 0 Å². The number of nitrogens with zero attached hydrogens (tertiary/aromatic N) is 3. The van der Waals surface area contributed by atoms with E-state index in [1.807, 2.05) is 18.2 Å². The molecule has 1 atom stereocenters. The summed E-state index contributed by atoms with van der Waals surface area (Å²) in [6.07, 6.45) is 0. The van der Waals surface area contributed by atoms with Gasteiger partial charge in [-0.2, -0.15) is 5.26 Å². The number of rotatable bonds is 3. The van der Waals surface area contributed by atoms with Gasteiger partial charge in [0.15, 0.2) is 5.82 Å². The average molecular weight is 358 g/mol. The van der Waals surface area contributed by atoms with E-state index >= 15 is 0 Å². The van der Waals surface area contributed by atoms with Gasteiger partial charge in [0.25, 0.3) is 11.8 Å². The molecule has 4 rings (SSSR count). The van der Waals surface area contributed by atoms with E-state index in [1.54, 1.807) is 36.4 Å². The number of aromatic nitrogens is 2. The van der Waals surface area contributed by atoms with E-state index in [0.717, 1.165) is 4.90 Å². The maximum absolute atomic E-state index is 12.6. The van der Waals surface area contributed by atoms with Gasteiger partial charge in [-0.25, -0.2) is 4.98 Å². The molecule has 0 radical (unpaired) electrons. The molecule has 0 saturated carbocycles. The number of benzene rings is 2. The smallest absolute Gasteiger partial charge is 0.262 e. The van der Waals surface area contributed by atoms with E-state index in [0.29, 0.717) is 11.0 Å². The molecule has 132 valence electrons. The van der Waals surface area contributed by atoms with E-state index in [9.17, 15) is 20.0 Å². The summed E-state index contributed by atoms with van der Waals surface area (Å²) in [6.45, 7) is 1.50. The van der Waals surface area contributed by atoms with Crippen LogP contribution in [0.15, 0.2) is 54.3 Å². The fraction of sp³-hybridized carbons (Fsp3) is 0.100. The van der Waals surface area contributed by atoms with Crippen LogP contribution in [0.4, 0.5) is 0 Å². The zero-order valence-corrected chi connectivity index (χ0v) is 14.3. The highest BCUT2D eigenvalue weighted by molar-refractivity contribution is 6.21. The maximum Gasteiger partial charge on any atom is 0.262 e. The number of para-hydroxylation sites is 2. The normalized spacial score (nSPS) is 15.5. The fourth-order valence-electron chi connectivity index (χ4n) is 3.19. The van der Waals surface area contributed by atoms with Crippen molar-refractivity contribution in [3.63, 3.8) is 0 Å². The molecular weight excluding hydrogens is 344 g/mol. The third-order valence-corrected chi connectivity index (χ3v) is 4.60. The molecule has 2 N–H and O–H groups in total. The Balaban J connectivity index is 1.76. The van der Waals surface area contributed by atoms with E-state index in [4.69, 9.17) is 0 Å². The minimum atomic E-state index is -1.01. The first-order valence-corrected chi connectivity index (χ1v) is 8.28. The van der Waals surface area contributed by atoms with Crippen LogP contribution in [0.25, 0.3) is 16.6 Å². The number of hydrogen-bond acceptors (Lipinski definition) is 5. The number of fused-ring (bicyclic) bond motifs is 2. The number of nitriles is 1. The molecule has 0 bridgehead atoms. The van der Waals surface area contributed by atoms with Crippen LogP contribution >= 0.6 is 0 Å². The number of carbonyl (C=O) groups excluding carboxylic acids is 2. The van der Waals surface area contributed by atoms with Crippen molar-refractivity contribution in [1.82, 2.24) is 14.9 Å². The van der Waals surface area contributed by atoms with E-state index < -0.39 is 23.6 Å². The molecule has 7 heteroatoms. The van der Waals surface area contributed by atoms with Gasteiger partial charge < -0.3 is 10.1 Å². The molecule has 2 amide bonds. The zero-order chi connectivity index (χ0) is 19.1. The summed E-state index contributed by atoms with van der Waals surface area (Å²) in [7, 11) is 0. The number of imidazole rings is 1. The lowest BCUT2D eigenvalue weighted by Gasteiger charge is -2.22. The zero-order valence-electron chi connectivity index (χ0n) is 14.3. The Hall–Kier alpha value is -3.92. The number of allylic oxidation sites excluding steroid dienone is 1. The van der Waals surface area contributed by atoms with Gasteiger partial charge in [-0.1, -0.05) is 24.3 Å². The van der Waals surface area contributed by atoms with Crippen LogP contribution in [0.3, 0.4) is 0 Å². The number of nitrogens with one attached hydrogen (secondary N) is 1. The molecule has 2 aromatic carbocycles. The van der Waals surface area contributed by atoms with Crippen LogP contribution < -0.4 is 0 Å². The molecule has 2 heterocycles. The SMILES string of the molecule is CC(/C(O)=C(/C#N)c1nc2ccccc2[nH]1)N1C(=O)c2ccccc2C1=O. The number of aromatic amines is 1. The molecule has 0 fully saturated rings. The summed E-state index contributed by atoms with van der Waals surface area (Å²) in [5.74, 6) is -1.22. The molecular formula is C20H14N4O3. The maximum atomic E-state index is 12.6. The van der Waals surface area contributed by atoms with E-state index in [-0.39, 0.29) is 22.5 Å². The summed E-state index contributed by atoms with van der Waals surface area (Å²) in [5, 5.41) is 20.2. The number of aliphatic hydroxyl groups is 1. The van der Waals surface area contributed by atoms with Crippen molar-refractivity contribution < 1.29 is 14.7 Å². The third kappa shape index (κ3) is 2.47. The van der Waals surface area contributed by atoms with Gasteiger partial charge in [0.05, 0.1) is 28.2 Å². The highest BCUT2D eigenvalue weighted by Gasteiger charge is 2.40. The first-order valence-electron chi connectivity index (χ1n) is 8.28. The standard InChI is InChI=1S/C20H14N4O3/c1-11(24-19(26)12-6-2-3-7-13(12)20(24)27)17(25)14(10-21)18-22-15-8-4-5-9-16(15)23-18/h2-9,11,25H,1H3,(H,22,23)/b17-14+. The van der Waals surface area contributed by atoms with Crippen molar-refractivity contribution in [2.45, 2.75) is 13.0 Å². The molecule has 0 aliphatic carbocycles. The third-order valence-electron chi connectivity index (χ3n) is 4.60. The van der Waals surface area contributed by atoms with Crippen molar-refractivity contribution >= 4 is 28.4 Å². The Labute approximate surface area is 154 Å². The Morgan fingerprint density at radius 3 is 2.30 bits per heavy atom. The van der Waals surface area contributed by atoms with E-state index in [2.05, 4.69) is 9.97 Å². The highest BCUT2D eigenvalue weighted by Crippen LogP contribution is 2.28. The fourth-order valence-corrected chi connectivity index (χ4v) is 3.19. The predicted octanol–water partition coefficient (Wildman–Crippen LogP) is 3.04. The Kier molecular flexibility index (Phi) is 3.74. The van der Waals surface area contributed by atoms with Gasteiger partial charge in [-0.15, -0.1) is 0 Å². The second-order valence-electron chi connectivity index (χ2n) is 6.18. The predicted molar refractivity (Wildman–Crippen MR) is 97.7 cm³/mol. The number of hydrogen-bond donors (Lipinski definition) is 2. The van der Waals surface area contributed by atoms with Crippen LogP contribution in [0.1, 0.15) is 33.5 Å². The summed E-state index contributed by atoms with van der Waals surface area (Å²) in [6, 6.07) is 14.6. The Morgan fingerprint density at radius 2 is 1.70 bits per heavy atom. The molecule has 1 unspecified atom stereocenters. The van der Waals surface area contributed by atoms with Gasteiger partial charge in [0.1, 0.15) is 17.4 Å². The largest absolute Gasteiger partial charge is 0.509 e. The van der Waals surface area contributed by atoms with Crippen LogP contribution in [-0.2, 0) is 0 Å². The second-order valence-corrected chi connectivity index (χ2v) is 6.18. The average Bonchev–Trinajstić information content (AvgIpc) is 3.21. The topological polar surface area (TPSA) is 110 Å². The van der Waals surface area contributed by atoms with E-state index in [1.165, 1.54) is 6.92 Å². The molecule has 0 saturated heterocycles. The van der Waals surface area contributed by atoms with Crippen LogP contribution in [0, 0.1) is 11.3 Å². The number of amides is 2. The van der Waals surface area contributed by atoms with Crippen LogP contribution in [-0.4, -0.2) is 37.8 Å². The summed E-state index contributed by atoms with van der Waals surface area (Å²) in [5.41, 5.74) is 1.80. The number of imide groups is 1. The monoisotopic (exact) mass is 358 g/mol. The van der Waals surface area contributed by atoms with Gasteiger partial charge in [0, 0.05) is 0 Å². The molecule has 1 aromatic heterocycles. The Morgan fingerprint density at radius 1 is 1.11 bits per heavy atom.